The molecule has 0 radical (unpaired) electrons. The normalized spacial score (nSPS) is 13.8. The van der Waals surface area contributed by atoms with Crippen molar-refractivity contribution < 1.29 is 47.6 Å². The van der Waals surface area contributed by atoms with E-state index in [2.05, 4.69) is 6.92 Å². The molecule has 0 heterocycles. The van der Waals surface area contributed by atoms with Gasteiger partial charge in [-0.15, -0.1) is 0 Å². The SMILES string of the molecule is CCCCCCCC(O)CCCCCCCCCCC(CCCC)S(=O)(=O)[O-].[Na+]. The summed E-state index contributed by atoms with van der Waals surface area (Å²) in [6.07, 6.45) is 19.8. The summed E-state index contributed by atoms with van der Waals surface area (Å²) < 4.78 is 33.8. The van der Waals surface area contributed by atoms with Gasteiger partial charge in [-0.3, -0.25) is 0 Å². The van der Waals surface area contributed by atoms with Gasteiger partial charge in [0.1, 0.15) is 0 Å². The number of aliphatic hydroxyl groups excluding tert-OH is 1. The first-order chi connectivity index (χ1) is 13.4. The molecule has 29 heavy (non-hydrogen) atoms. The third-order valence-electron chi connectivity index (χ3n) is 5.74. The number of rotatable bonds is 21. The minimum atomic E-state index is -4.13. The minimum absolute atomic E-state index is 0. The van der Waals surface area contributed by atoms with Crippen LogP contribution in [-0.4, -0.2) is 29.4 Å². The molecule has 2 unspecified atom stereocenters. The van der Waals surface area contributed by atoms with E-state index in [1.54, 1.807) is 0 Å². The topological polar surface area (TPSA) is 77.4 Å². The zero-order valence-electron chi connectivity index (χ0n) is 19.7. The van der Waals surface area contributed by atoms with Crippen LogP contribution in [0.5, 0.6) is 0 Å². The Morgan fingerprint density at radius 3 is 1.38 bits per heavy atom. The molecule has 6 heteroatoms. The van der Waals surface area contributed by atoms with Gasteiger partial charge in [-0.25, -0.2) is 8.42 Å². The summed E-state index contributed by atoms with van der Waals surface area (Å²) in [5.74, 6) is 0. The molecule has 0 saturated heterocycles. The molecule has 0 aromatic heterocycles. The fraction of sp³-hybridized carbons (Fsp3) is 1.00. The van der Waals surface area contributed by atoms with Crippen molar-refractivity contribution in [2.45, 2.75) is 147 Å². The summed E-state index contributed by atoms with van der Waals surface area (Å²) in [5, 5.41) is 9.32. The summed E-state index contributed by atoms with van der Waals surface area (Å²) in [7, 11) is -4.13. The summed E-state index contributed by atoms with van der Waals surface area (Å²) in [6, 6.07) is 0. The second kappa shape index (κ2) is 22.1. The molecule has 2 atom stereocenters. The van der Waals surface area contributed by atoms with Crippen molar-refractivity contribution >= 4 is 10.1 Å². The number of hydrogen-bond acceptors (Lipinski definition) is 4. The maximum Gasteiger partial charge on any atom is 1.00 e. The Morgan fingerprint density at radius 1 is 0.621 bits per heavy atom. The largest absolute Gasteiger partial charge is 1.00 e. The van der Waals surface area contributed by atoms with Gasteiger partial charge in [-0.1, -0.05) is 110 Å². The molecule has 0 spiro atoms. The van der Waals surface area contributed by atoms with Gasteiger partial charge < -0.3 is 9.66 Å². The quantitative estimate of drug-likeness (QED) is 0.167. The zero-order chi connectivity index (χ0) is 21.1. The van der Waals surface area contributed by atoms with Crippen molar-refractivity contribution in [3.63, 3.8) is 0 Å². The van der Waals surface area contributed by atoms with Gasteiger partial charge in [-0.05, 0) is 25.7 Å². The maximum absolute atomic E-state index is 11.3. The van der Waals surface area contributed by atoms with Crippen molar-refractivity contribution in [2.24, 2.45) is 0 Å². The molecule has 0 aliphatic carbocycles. The summed E-state index contributed by atoms with van der Waals surface area (Å²) in [6.45, 7) is 4.24. The molecule has 170 valence electrons. The van der Waals surface area contributed by atoms with Crippen LogP contribution >= 0.6 is 0 Å². The van der Waals surface area contributed by atoms with E-state index in [4.69, 9.17) is 0 Å². The Balaban J connectivity index is 0. The van der Waals surface area contributed by atoms with Crippen LogP contribution in [0, 0.1) is 0 Å². The fourth-order valence-corrected chi connectivity index (χ4v) is 4.72. The molecule has 0 aliphatic rings. The first-order valence-electron chi connectivity index (χ1n) is 12.0. The van der Waals surface area contributed by atoms with E-state index in [9.17, 15) is 18.1 Å². The molecular weight excluding hydrogens is 395 g/mol. The van der Waals surface area contributed by atoms with Crippen molar-refractivity contribution in [1.29, 1.82) is 0 Å². The van der Waals surface area contributed by atoms with E-state index in [0.29, 0.717) is 12.8 Å². The third-order valence-corrected chi connectivity index (χ3v) is 7.03. The Morgan fingerprint density at radius 2 is 0.966 bits per heavy atom. The molecule has 4 nitrogen and oxygen atoms in total. The molecule has 1 N–H and O–H groups in total. The number of aliphatic hydroxyl groups is 1. The van der Waals surface area contributed by atoms with Gasteiger partial charge in [0, 0.05) is 5.25 Å². The molecule has 0 amide bonds. The smallest absolute Gasteiger partial charge is 0.748 e. The maximum atomic E-state index is 11.3. The molecular formula is C23H47NaO4S. The van der Waals surface area contributed by atoms with Crippen LogP contribution in [0.2, 0.25) is 0 Å². The van der Waals surface area contributed by atoms with Crippen molar-refractivity contribution in [2.75, 3.05) is 0 Å². The third kappa shape index (κ3) is 21.9. The average Bonchev–Trinajstić information content (AvgIpc) is 2.64. The second-order valence-corrected chi connectivity index (χ2v) is 10.2. The van der Waals surface area contributed by atoms with Crippen molar-refractivity contribution in [3.8, 4) is 0 Å². The minimum Gasteiger partial charge on any atom is -0.748 e. The predicted octanol–water partition coefficient (Wildman–Crippen LogP) is 3.72. The van der Waals surface area contributed by atoms with Gasteiger partial charge in [0.15, 0.2) is 0 Å². The van der Waals surface area contributed by atoms with Gasteiger partial charge in [0.25, 0.3) is 0 Å². The standard InChI is InChI=1S/C23H48O4S.Na/c1-3-5-7-12-15-18-22(24)19-16-13-10-8-9-11-14-17-21-23(20-6-4-2)28(25,26)27;/h22-24H,3-21H2,1-2H3,(H,25,26,27);/q;+1/p-1. The van der Waals surface area contributed by atoms with Gasteiger partial charge >= 0.3 is 29.6 Å². The van der Waals surface area contributed by atoms with E-state index in [1.807, 2.05) is 6.92 Å². The Hall–Kier alpha value is 0.870. The van der Waals surface area contributed by atoms with Crippen LogP contribution in [0.15, 0.2) is 0 Å². The van der Waals surface area contributed by atoms with Gasteiger partial charge in [0.2, 0.25) is 0 Å². The molecule has 0 fully saturated rings. The Kier molecular flexibility index (Phi) is 24.4. The number of unbranched alkanes of at least 4 members (excludes halogenated alkanes) is 12. The van der Waals surface area contributed by atoms with Crippen molar-refractivity contribution in [3.05, 3.63) is 0 Å². The monoisotopic (exact) mass is 442 g/mol. The summed E-state index contributed by atoms with van der Waals surface area (Å²) in [5.41, 5.74) is 0. The molecule has 0 saturated carbocycles. The fourth-order valence-electron chi connectivity index (χ4n) is 3.81. The van der Waals surface area contributed by atoms with E-state index < -0.39 is 15.4 Å². The zero-order valence-corrected chi connectivity index (χ0v) is 22.5. The van der Waals surface area contributed by atoms with E-state index >= 15 is 0 Å². The van der Waals surface area contributed by atoms with Crippen LogP contribution < -0.4 is 29.6 Å². The van der Waals surface area contributed by atoms with E-state index in [-0.39, 0.29) is 35.7 Å². The molecule has 0 aromatic rings. The molecule has 0 rings (SSSR count). The van der Waals surface area contributed by atoms with E-state index in [0.717, 1.165) is 57.8 Å². The van der Waals surface area contributed by atoms with Crippen molar-refractivity contribution in [1.82, 2.24) is 0 Å². The first-order valence-corrected chi connectivity index (χ1v) is 13.5. The van der Waals surface area contributed by atoms with Gasteiger partial charge in [-0.2, -0.15) is 0 Å². The predicted molar refractivity (Wildman–Crippen MR) is 119 cm³/mol. The van der Waals surface area contributed by atoms with Crippen LogP contribution in [-0.2, 0) is 10.1 Å². The second-order valence-electron chi connectivity index (χ2n) is 8.52. The Labute approximate surface area is 204 Å². The molecule has 0 aliphatic heterocycles. The first kappa shape index (κ1) is 32.1. The van der Waals surface area contributed by atoms with Crippen LogP contribution in [0.4, 0.5) is 0 Å². The van der Waals surface area contributed by atoms with E-state index in [1.165, 1.54) is 51.4 Å². The van der Waals surface area contributed by atoms with Crippen LogP contribution in [0.1, 0.15) is 136 Å². The average molecular weight is 443 g/mol. The van der Waals surface area contributed by atoms with Gasteiger partial charge in [0.05, 0.1) is 16.2 Å². The van der Waals surface area contributed by atoms with Crippen LogP contribution in [0.3, 0.4) is 0 Å². The number of hydrogen-bond donors (Lipinski definition) is 1. The van der Waals surface area contributed by atoms with Crippen LogP contribution in [0.25, 0.3) is 0 Å². The summed E-state index contributed by atoms with van der Waals surface area (Å²) in [4.78, 5) is 0. The molecule has 0 bridgehead atoms. The Bertz CT molecular complexity index is 429. The summed E-state index contributed by atoms with van der Waals surface area (Å²) >= 11 is 0. The molecule has 0 aromatic carbocycles.